The standard InChI is InChI=1S/C14H19N3O2S/c1-14(2,3)17-12(18)9-16-13(19)11-7-6-10(20-11)5-4-8-15/h6-7H,8-9,15H2,1-3H3,(H,16,19)(H,17,18). The lowest BCUT2D eigenvalue weighted by Gasteiger charge is -2.20. The fourth-order valence-corrected chi connectivity index (χ4v) is 2.17. The van der Waals surface area contributed by atoms with Crippen LogP contribution >= 0.6 is 11.3 Å². The highest BCUT2D eigenvalue weighted by atomic mass is 32.1. The van der Waals surface area contributed by atoms with Crippen molar-refractivity contribution in [3.05, 3.63) is 21.9 Å². The van der Waals surface area contributed by atoms with Crippen molar-refractivity contribution in [1.82, 2.24) is 10.6 Å². The molecule has 0 saturated heterocycles. The van der Waals surface area contributed by atoms with Crippen molar-refractivity contribution in [1.29, 1.82) is 0 Å². The van der Waals surface area contributed by atoms with Crippen molar-refractivity contribution < 1.29 is 9.59 Å². The van der Waals surface area contributed by atoms with Gasteiger partial charge in [0.2, 0.25) is 5.91 Å². The number of thiophene rings is 1. The molecule has 0 aliphatic carbocycles. The Hall–Kier alpha value is -1.84. The lowest BCUT2D eigenvalue weighted by Crippen LogP contribution is -2.45. The number of amides is 2. The molecule has 0 radical (unpaired) electrons. The molecular weight excluding hydrogens is 274 g/mol. The Morgan fingerprint density at radius 1 is 1.35 bits per heavy atom. The van der Waals surface area contributed by atoms with E-state index in [1.165, 1.54) is 11.3 Å². The molecule has 0 saturated carbocycles. The van der Waals surface area contributed by atoms with Crippen LogP contribution in [0.1, 0.15) is 35.3 Å². The summed E-state index contributed by atoms with van der Waals surface area (Å²) in [6.07, 6.45) is 0. The van der Waals surface area contributed by atoms with Crippen LogP contribution in [0.4, 0.5) is 0 Å². The molecule has 1 rings (SSSR count). The van der Waals surface area contributed by atoms with E-state index >= 15 is 0 Å². The first-order valence-corrected chi connectivity index (χ1v) is 7.01. The first kappa shape index (κ1) is 16.2. The van der Waals surface area contributed by atoms with Crippen molar-refractivity contribution in [3.63, 3.8) is 0 Å². The van der Waals surface area contributed by atoms with Crippen LogP contribution < -0.4 is 16.4 Å². The molecule has 1 aromatic rings. The molecule has 0 aliphatic rings. The smallest absolute Gasteiger partial charge is 0.261 e. The monoisotopic (exact) mass is 293 g/mol. The minimum absolute atomic E-state index is 0.0438. The molecular formula is C14H19N3O2S. The van der Waals surface area contributed by atoms with Gasteiger partial charge < -0.3 is 16.4 Å². The van der Waals surface area contributed by atoms with E-state index in [-0.39, 0.29) is 30.4 Å². The maximum Gasteiger partial charge on any atom is 0.261 e. The third-order valence-corrected chi connectivity index (χ3v) is 3.07. The Morgan fingerprint density at radius 3 is 2.65 bits per heavy atom. The highest BCUT2D eigenvalue weighted by Crippen LogP contribution is 2.14. The van der Waals surface area contributed by atoms with Gasteiger partial charge in [-0.25, -0.2) is 0 Å². The second kappa shape index (κ2) is 7.08. The highest BCUT2D eigenvalue weighted by molar-refractivity contribution is 7.14. The molecule has 0 aliphatic heterocycles. The fourth-order valence-electron chi connectivity index (χ4n) is 1.38. The Labute approximate surface area is 122 Å². The predicted molar refractivity (Wildman–Crippen MR) is 80.5 cm³/mol. The van der Waals surface area contributed by atoms with Gasteiger partial charge in [-0.2, -0.15) is 0 Å². The third kappa shape index (κ3) is 5.87. The molecule has 0 bridgehead atoms. The number of carbonyl (C=O) groups is 2. The van der Waals surface area contributed by atoms with Crippen LogP contribution in [0.15, 0.2) is 12.1 Å². The molecule has 0 unspecified atom stereocenters. The first-order valence-electron chi connectivity index (χ1n) is 6.20. The van der Waals surface area contributed by atoms with Crippen molar-refractivity contribution in [2.45, 2.75) is 26.3 Å². The fraction of sp³-hybridized carbons (Fsp3) is 0.429. The van der Waals surface area contributed by atoms with E-state index in [4.69, 9.17) is 5.73 Å². The summed E-state index contributed by atoms with van der Waals surface area (Å²) in [6, 6.07) is 3.44. The topological polar surface area (TPSA) is 84.2 Å². The Kier molecular flexibility index (Phi) is 5.74. The van der Waals surface area contributed by atoms with Crippen LogP contribution in [0.2, 0.25) is 0 Å². The Morgan fingerprint density at radius 2 is 2.05 bits per heavy atom. The average molecular weight is 293 g/mol. The SMILES string of the molecule is CC(C)(C)NC(=O)CNC(=O)c1ccc(C#CCN)s1. The normalized spacial score (nSPS) is 10.4. The predicted octanol–water partition coefficient (Wildman–Crippen LogP) is 0.703. The van der Waals surface area contributed by atoms with Crippen LogP contribution in [0.3, 0.4) is 0 Å². The molecule has 5 nitrogen and oxygen atoms in total. The molecule has 0 spiro atoms. The molecule has 108 valence electrons. The van der Waals surface area contributed by atoms with Gasteiger partial charge in [-0.05, 0) is 32.9 Å². The lowest BCUT2D eigenvalue weighted by molar-refractivity contribution is -0.121. The number of hydrogen-bond donors (Lipinski definition) is 3. The van der Waals surface area contributed by atoms with Gasteiger partial charge >= 0.3 is 0 Å². The third-order valence-electron chi connectivity index (χ3n) is 2.07. The summed E-state index contributed by atoms with van der Waals surface area (Å²) in [5, 5.41) is 5.35. The second-order valence-electron chi connectivity index (χ2n) is 5.15. The van der Waals surface area contributed by atoms with Gasteiger partial charge in [0, 0.05) is 5.54 Å². The summed E-state index contributed by atoms with van der Waals surface area (Å²) >= 11 is 1.27. The van der Waals surface area contributed by atoms with Gasteiger partial charge in [-0.15, -0.1) is 11.3 Å². The van der Waals surface area contributed by atoms with Gasteiger partial charge in [0.25, 0.3) is 5.91 Å². The van der Waals surface area contributed by atoms with Crippen molar-refractivity contribution in [2.24, 2.45) is 5.73 Å². The zero-order chi connectivity index (χ0) is 15.2. The quantitative estimate of drug-likeness (QED) is 0.717. The maximum absolute atomic E-state index is 11.8. The summed E-state index contributed by atoms with van der Waals surface area (Å²) in [6.45, 7) is 5.89. The number of nitrogens with two attached hydrogens (primary N) is 1. The van der Waals surface area contributed by atoms with Gasteiger partial charge in [-0.1, -0.05) is 11.8 Å². The average Bonchev–Trinajstić information content (AvgIpc) is 2.80. The number of hydrogen-bond acceptors (Lipinski definition) is 4. The van der Waals surface area contributed by atoms with Crippen LogP contribution in [-0.4, -0.2) is 30.4 Å². The van der Waals surface area contributed by atoms with Crippen LogP contribution in [0, 0.1) is 11.8 Å². The Balaban J connectivity index is 2.51. The van der Waals surface area contributed by atoms with Gasteiger partial charge in [0.05, 0.1) is 22.8 Å². The minimum atomic E-state index is -0.310. The molecule has 6 heteroatoms. The van der Waals surface area contributed by atoms with E-state index in [9.17, 15) is 9.59 Å². The molecule has 0 aromatic carbocycles. The van der Waals surface area contributed by atoms with E-state index in [1.807, 2.05) is 20.8 Å². The summed E-state index contributed by atoms with van der Waals surface area (Å²) in [5.41, 5.74) is 4.97. The van der Waals surface area contributed by atoms with E-state index in [0.717, 1.165) is 4.88 Å². The molecule has 20 heavy (non-hydrogen) atoms. The molecule has 1 heterocycles. The van der Waals surface area contributed by atoms with E-state index in [1.54, 1.807) is 12.1 Å². The van der Waals surface area contributed by atoms with Gasteiger partial charge in [-0.3, -0.25) is 9.59 Å². The zero-order valence-corrected chi connectivity index (χ0v) is 12.7. The second-order valence-corrected chi connectivity index (χ2v) is 6.23. The number of nitrogens with one attached hydrogen (secondary N) is 2. The van der Waals surface area contributed by atoms with Gasteiger partial charge in [0.1, 0.15) is 0 Å². The van der Waals surface area contributed by atoms with E-state index < -0.39 is 0 Å². The van der Waals surface area contributed by atoms with Gasteiger partial charge in [0.15, 0.2) is 0 Å². The molecule has 4 N–H and O–H groups in total. The largest absolute Gasteiger partial charge is 0.350 e. The zero-order valence-electron chi connectivity index (χ0n) is 11.9. The van der Waals surface area contributed by atoms with Crippen molar-refractivity contribution in [2.75, 3.05) is 13.1 Å². The van der Waals surface area contributed by atoms with Crippen LogP contribution in [-0.2, 0) is 4.79 Å². The van der Waals surface area contributed by atoms with E-state index in [2.05, 4.69) is 22.5 Å². The van der Waals surface area contributed by atoms with Crippen LogP contribution in [0.5, 0.6) is 0 Å². The van der Waals surface area contributed by atoms with E-state index in [0.29, 0.717) is 4.88 Å². The molecule has 0 fully saturated rings. The van der Waals surface area contributed by atoms with Crippen molar-refractivity contribution in [3.8, 4) is 11.8 Å². The lowest BCUT2D eigenvalue weighted by atomic mass is 10.1. The molecule has 1 aromatic heterocycles. The van der Waals surface area contributed by atoms with Crippen LogP contribution in [0.25, 0.3) is 0 Å². The van der Waals surface area contributed by atoms with Crippen molar-refractivity contribution >= 4 is 23.2 Å². The number of rotatable bonds is 3. The highest BCUT2D eigenvalue weighted by Gasteiger charge is 2.15. The minimum Gasteiger partial charge on any atom is -0.350 e. The molecule has 0 atom stereocenters. The molecule has 2 amide bonds. The summed E-state index contributed by atoms with van der Waals surface area (Å²) < 4.78 is 0. The summed E-state index contributed by atoms with van der Waals surface area (Å²) in [4.78, 5) is 24.7. The first-order chi connectivity index (χ1) is 9.31. The summed E-state index contributed by atoms with van der Waals surface area (Å²) in [5.74, 6) is 5.09. The summed E-state index contributed by atoms with van der Waals surface area (Å²) in [7, 11) is 0. The Bertz CT molecular complexity index is 547. The number of carbonyl (C=O) groups excluding carboxylic acids is 2. The maximum atomic E-state index is 11.8.